The number of fused-ring (bicyclic) bond motifs is 1. The molecule has 1 aromatic heterocycles. The Morgan fingerprint density at radius 1 is 0.830 bits per heavy atom. The van der Waals surface area contributed by atoms with Crippen LogP contribution in [0.1, 0.15) is 66.4 Å². The first-order valence-electron chi connectivity index (χ1n) is 17.9. The van der Waals surface area contributed by atoms with Crippen molar-refractivity contribution in [3.63, 3.8) is 0 Å². The van der Waals surface area contributed by atoms with E-state index in [0.29, 0.717) is 12.1 Å². The molecule has 4 N–H and O–H groups in total. The minimum absolute atomic E-state index is 0.0337. The van der Waals surface area contributed by atoms with Gasteiger partial charge in [-0.1, -0.05) is 48.5 Å². The molecule has 2 aliphatic heterocycles. The van der Waals surface area contributed by atoms with Gasteiger partial charge in [0.15, 0.2) is 0 Å². The summed E-state index contributed by atoms with van der Waals surface area (Å²) in [6, 6.07) is 15.2. The number of aliphatic hydroxyl groups excluding tert-OH is 1. The van der Waals surface area contributed by atoms with Gasteiger partial charge in [0.25, 0.3) is 0 Å². The van der Waals surface area contributed by atoms with Crippen LogP contribution in [-0.2, 0) is 30.3 Å². The van der Waals surface area contributed by atoms with Crippen LogP contribution in [0.15, 0.2) is 66.9 Å². The topological polar surface area (TPSA) is 180 Å². The van der Waals surface area contributed by atoms with E-state index in [-0.39, 0.29) is 32.4 Å². The van der Waals surface area contributed by atoms with Gasteiger partial charge in [0.1, 0.15) is 29.4 Å². The maximum atomic E-state index is 14.5. The monoisotopic (exact) mass is 730 g/mol. The van der Waals surface area contributed by atoms with Gasteiger partial charge in [-0.15, -0.1) is 0 Å². The predicted octanol–water partition coefficient (Wildman–Crippen LogP) is 4.16. The van der Waals surface area contributed by atoms with Crippen LogP contribution in [0, 0.1) is 0 Å². The molecule has 0 unspecified atom stereocenters. The van der Waals surface area contributed by atoms with E-state index < -0.39 is 71.4 Å². The smallest absolute Gasteiger partial charge is 0.411 e. The van der Waals surface area contributed by atoms with E-state index in [4.69, 9.17) is 9.47 Å². The van der Waals surface area contributed by atoms with Crippen LogP contribution in [0.4, 0.5) is 15.3 Å². The van der Waals surface area contributed by atoms with Crippen molar-refractivity contribution in [3.05, 3.63) is 72.4 Å². The molecular formula is C39H50N6O8. The zero-order valence-electron chi connectivity index (χ0n) is 31.1. The molecule has 2 aliphatic rings. The number of nitrogens with one attached hydrogen (secondary N) is 3. The molecule has 2 fully saturated rings. The van der Waals surface area contributed by atoms with Crippen molar-refractivity contribution in [2.45, 2.75) is 109 Å². The summed E-state index contributed by atoms with van der Waals surface area (Å²) in [4.78, 5) is 74.9. The Hall–Kier alpha value is -5.24. The first-order valence-corrected chi connectivity index (χ1v) is 17.9. The number of benzene rings is 2. The Bertz CT molecular complexity index is 1810. The van der Waals surface area contributed by atoms with Gasteiger partial charge in [0.2, 0.25) is 17.7 Å². The average molecular weight is 731 g/mol. The summed E-state index contributed by atoms with van der Waals surface area (Å²) in [7, 11) is 0. The highest BCUT2D eigenvalue weighted by molar-refractivity contribution is 6.00. The number of amides is 5. The lowest BCUT2D eigenvalue weighted by molar-refractivity contribution is -0.140. The Kier molecular flexibility index (Phi) is 11.9. The number of ether oxygens (including phenoxy) is 2. The molecule has 0 spiro atoms. The van der Waals surface area contributed by atoms with Crippen LogP contribution in [0.5, 0.6) is 0 Å². The second kappa shape index (κ2) is 16.2. The van der Waals surface area contributed by atoms with Gasteiger partial charge in [0, 0.05) is 24.5 Å². The zero-order valence-corrected chi connectivity index (χ0v) is 31.1. The van der Waals surface area contributed by atoms with Crippen LogP contribution in [0.3, 0.4) is 0 Å². The molecule has 5 atom stereocenters. The van der Waals surface area contributed by atoms with Crippen molar-refractivity contribution in [1.82, 2.24) is 25.4 Å². The van der Waals surface area contributed by atoms with Crippen molar-refractivity contribution in [3.8, 4) is 0 Å². The number of carbonyl (C=O) groups is 5. The second-order valence-corrected chi connectivity index (χ2v) is 15.6. The molecule has 0 saturated carbocycles. The number of aliphatic hydroxyl groups is 1. The molecule has 0 radical (unpaired) electrons. The lowest BCUT2D eigenvalue weighted by Crippen LogP contribution is -2.53. The van der Waals surface area contributed by atoms with Crippen LogP contribution < -0.4 is 16.0 Å². The van der Waals surface area contributed by atoms with Crippen LogP contribution in [-0.4, -0.2) is 104 Å². The van der Waals surface area contributed by atoms with Crippen LogP contribution >= 0.6 is 0 Å². The molecule has 53 heavy (non-hydrogen) atoms. The number of rotatable bonds is 9. The summed E-state index contributed by atoms with van der Waals surface area (Å²) >= 11 is 0. The second-order valence-electron chi connectivity index (χ2n) is 15.6. The molecular weight excluding hydrogens is 680 g/mol. The summed E-state index contributed by atoms with van der Waals surface area (Å²) in [5.74, 6) is -1.68. The highest BCUT2D eigenvalue weighted by Crippen LogP contribution is 2.29. The number of likely N-dealkylation sites (tertiary alicyclic amines) is 2. The van der Waals surface area contributed by atoms with Crippen molar-refractivity contribution in [2.75, 3.05) is 18.4 Å². The fourth-order valence-corrected chi connectivity index (χ4v) is 6.54. The number of pyridine rings is 1. The molecule has 284 valence electrons. The first-order chi connectivity index (χ1) is 25.0. The molecule has 3 aromatic rings. The highest BCUT2D eigenvalue weighted by atomic mass is 16.6. The van der Waals surface area contributed by atoms with E-state index in [1.807, 2.05) is 54.6 Å². The van der Waals surface area contributed by atoms with E-state index in [0.717, 1.165) is 16.5 Å². The molecule has 2 aromatic carbocycles. The molecule has 3 heterocycles. The minimum Gasteiger partial charge on any atom is -0.444 e. The number of aromatic nitrogens is 1. The third-order valence-electron chi connectivity index (χ3n) is 8.88. The molecule has 5 amide bonds. The van der Waals surface area contributed by atoms with Crippen LogP contribution in [0.25, 0.3) is 10.9 Å². The summed E-state index contributed by atoms with van der Waals surface area (Å²) < 4.78 is 11.1. The van der Waals surface area contributed by atoms with E-state index in [1.165, 1.54) is 16.0 Å². The number of aryl methyl sites for hydroxylation is 1. The quantitative estimate of drug-likeness (QED) is 0.252. The van der Waals surface area contributed by atoms with E-state index in [9.17, 15) is 29.1 Å². The number of nitrogens with zero attached hydrogens (tertiary/aromatic N) is 3. The molecule has 2 saturated heterocycles. The van der Waals surface area contributed by atoms with E-state index >= 15 is 0 Å². The summed E-state index contributed by atoms with van der Waals surface area (Å²) in [5, 5.41) is 20.0. The van der Waals surface area contributed by atoms with Gasteiger partial charge in [-0.05, 0) is 84.9 Å². The van der Waals surface area contributed by atoms with Gasteiger partial charge in [-0.25, -0.2) is 9.59 Å². The maximum absolute atomic E-state index is 14.5. The molecule has 5 rings (SSSR count). The minimum atomic E-state index is -1.31. The number of alkyl carbamates (subject to hydrolysis) is 1. The maximum Gasteiger partial charge on any atom is 0.411 e. The van der Waals surface area contributed by atoms with Crippen molar-refractivity contribution in [2.24, 2.45) is 0 Å². The molecule has 0 aliphatic carbocycles. The molecule has 0 bridgehead atoms. The van der Waals surface area contributed by atoms with Gasteiger partial charge in [-0.3, -0.25) is 24.3 Å². The standard InChI is InChI=1S/C39H50N6O8/c1-38(2,3)52-36(50)43-28-20-31(45(23-28)37(51)53-39(4,5)6)35(49)44-22-27(42-34(48)32(46)17-16-24-12-8-7-9-13-24)19-30(44)33(47)41-26-18-25-14-10-11-15-29(25)40-21-26/h7-15,18,21,27-28,30-32,46H,16-17,19-20,22-23H2,1-6H3,(H,41,47)(H,42,48)(H,43,50)/t27-,28-,30+,31+,32-/m1/s1. The number of hydrogen-bond donors (Lipinski definition) is 4. The number of para-hydroxylation sites is 1. The van der Waals surface area contributed by atoms with E-state index in [2.05, 4.69) is 20.9 Å². The average Bonchev–Trinajstić information content (AvgIpc) is 3.70. The zero-order chi connectivity index (χ0) is 38.5. The highest BCUT2D eigenvalue weighted by Gasteiger charge is 2.49. The van der Waals surface area contributed by atoms with Crippen molar-refractivity contribution in [1.29, 1.82) is 0 Å². The summed E-state index contributed by atoms with van der Waals surface area (Å²) in [5.41, 5.74) is 0.496. The van der Waals surface area contributed by atoms with Crippen molar-refractivity contribution < 1.29 is 38.6 Å². The lowest BCUT2D eigenvalue weighted by atomic mass is 10.1. The number of carbonyl (C=O) groups excluding carboxylic acids is 5. The first kappa shape index (κ1) is 39.0. The van der Waals surface area contributed by atoms with E-state index in [1.54, 1.807) is 47.6 Å². The van der Waals surface area contributed by atoms with Gasteiger partial charge in [-0.2, -0.15) is 0 Å². The SMILES string of the molecule is CC(C)(C)OC(=O)N[C@@H]1C[C@@H](C(=O)N2C[C@H](NC(=O)[C@H](O)CCc3ccccc3)C[C@H]2C(=O)Nc2cnc3ccccc3c2)N(C(=O)OC(C)(C)C)C1. The van der Waals surface area contributed by atoms with Gasteiger partial charge in [0.05, 0.1) is 23.4 Å². The van der Waals surface area contributed by atoms with Gasteiger partial charge >= 0.3 is 12.2 Å². The number of hydrogen-bond acceptors (Lipinski definition) is 9. The largest absolute Gasteiger partial charge is 0.444 e. The third-order valence-corrected chi connectivity index (χ3v) is 8.88. The normalized spacial score (nSPS) is 20.8. The molecule has 14 nitrogen and oxygen atoms in total. The Morgan fingerprint density at radius 3 is 2.15 bits per heavy atom. The fourth-order valence-electron chi connectivity index (χ4n) is 6.54. The molecule has 14 heteroatoms. The number of anilines is 1. The van der Waals surface area contributed by atoms with Gasteiger partial charge < -0.3 is 35.4 Å². The summed E-state index contributed by atoms with van der Waals surface area (Å²) in [6.45, 7) is 10.2. The Morgan fingerprint density at radius 2 is 1.45 bits per heavy atom. The summed E-state index contributed by atoms with van der Waals surface area (Å²) in [6.07, 6.45) is -0.487. The van der Waals surface area contributed by atoms with Crippen molar-refractivity contribution >= 4 is 46.5 Å². The predicted molar refractivity (Wildman–Crippen MR) is 198 cm³/mol. The Labute approximate surface area is 309 Å². The lowest BCUT2D eigenvalue weighted by Gasteiger charge is -2.32. The Balaban J connectivity index is 1.37. The third kappa shape index (κ3) is 10.7. The van der Waals surface area contributed by atoms with Crippen LogP contribution in [0.2, 0.25) is 0 Å². The fraction of sp³-hybridized carbons (Fsp3) is 0.487.